The fourth-order valence-corrected chi connectivity index (χ4v) is 2.19. The van der Waals surface area contributed by atoms with Crippen LogP contribution < -0.4 is 0 Å². The van der Waals surface area contributed by atoms with E-state index in [-0.39, 0.29) is 15.3 Å². The fraction of sp³-hybridized carbons (Fsp3) is 0. The Morgan fingerprint density at radius 2 is 1.88 bits per heavy atom. The van der Waals surface area contributed by atoms with E-state index in [1.165, 1.54) is 12.1 Å². The third-order valence-electron chi connectivity index (χ3n) is 2.08. The van der Waals surface area contributed by atoms with Gasteiger partial charge in [0.15, 0.2) is 11.6 Å². The molecule has 0 amide bonds. The second kappa shape index (κ2) is 4.21. The SMILES string of the molecule is O=C(O)c1ccc(-c2cc(F)cc(F)c2F)s1. The average molecular weight is 258 g/mol. The van der Waals surface area contributed by atoms with Gasteiger partial charge in [0.2, 0.25) is 0 Å². The molecule has 88 valence electrons. The van der Waals surface area contributed by atoms with Crippen LogP contribution in [0.25, 0.3) is 10.4 Å². The second-order valence-corrected chi connectivity index (χ2v) is 4.30. The lowest BCUT2D eigenvalue weighted by Crippen LogP contribution is -1.91. The van der Waals surface area contributed by atoms with Gasteiger partial charge in [0, 0.05) is 16.5 Å². The molecule has 0 bridgehead atoms. The number of thiophene rings is 1. The van der Waals surface area contributed by atoms with Crippen molar-refractivity contribution in [3.05, 3.63) is 46.6 Å². The molecule has 1 heterocycles. The first-order valence-electron chi connectivity index (χ1n) is 4.47. The topological polar surface area (TPSA) is 37.3 Å². The van der Waals surface area contributed by atoms with Gasteiger partial charge >= 0.3 is 5.97 Å². The molecule has 0 saturated heterocycles. The molecule has 0 aliphatic carbocycles. The average Bonchev–Trinajstić information content (AvgIpc) is 2.72. The summed E-state index contributed by atoms with van der Waals surface area (Å²) in [6, 6.07) is 3.83. The zero-order valence-electron chi connectivity index (χ0n) is 8.21. The van der Waals surface area contributed by atoms with Crippen LogP contribution in [0.15, 0.2) is 24.3 Å². The highest BCUT2D eigenvalue weighted by Crippen LogP contribution is 2.31. The summed E-state index contributed by atoms with van der Waals surface area (Å²) in [5.74, 6) is -4.57. The predicted molar refractivity (Wildman–Crippen MR) is 56.6 cm³/mol. The molecule has 0 aliphatic heterocycles. The normalized spacial score (nSPS) is 10.5. The fourth-order valence-electron chi connectivity index (χ4n) is 1.33. The Bertz CT molecular complexity index is 592. The van der Waals surface area contributed by atoms with Gasteiger partial charge in [0.25, 0.3) is 0 Å². The minimum absolute atomic E-state index is 0.0240. The Balaban J connectivity index is 2.56. The minimum atomic E-state index is -1.30. The van der Waals surface area contributed by atoms with Crippen molar-refractivity contribution in [1.29, 1.82) is 0 Å². The molecule has 0 aliphatic rings. The Morgan fingerprint density at radius 1 is 1.18 bits per heavy atom. The van der Waals surface area contributed by atoms with Crippen molar-refractivity contribution in [3.63, 3.8) is 0 Å². The molecule has 1 aromatic heterocycles. The molecule has 0 radical (unpaired) electrons. The molecule has 0 spiro atoms. The van der Waals surface area contributed by atoms with E-state index in [1.807, 2.05) is 0 Å². The third kappa shape index (κ3) is 2.16. The first-order chi connectivity index (χ1) is 7.99. The number of benzene rings is 1. The van der Waals surface area contributed by atoms with Crippen LogP contribution in [0, 0.1) is 17.5 Å². The molecule has 1 N–H and O–H groups in total. The number of halogens is 3. The Labute approximate surface area is 97.9 Å². The molecular formula is C11H5F3O2S. The van der Waals surface area contributed by atoms with Crippen molar-refractivity contribution < 1.29 is 23.1 Å². The van der Waals surface area contributed by atoms with E-state index in [9.17, 15) is 18.0 Å². The Morgan fingerprint density at radius 3 is 2.47 bits per heavy atom. The predicted octanol–water partition coefficient (Wildman–Crippen LogP) is 3.53. The monoisotopic (exact) mass is 258 g/mol. The highest BCUT2D eigenvalue weighted by atomic mass is 32.1. The highest BCUT2D eigenvalue weighted by Gasteiger charge is 2.16. The second-order valence-electron chi connectivity index (χ2n) is 3.22. The van der Waals surface area contributed by atoms with E-state index >= 15 is 0 Å². The van der Waals surface area contributed by atoms with Gasteiger partial charge in [-0.3, -0.25) is 0 Å². The lowest BCUT2D eigenvalue weighted by molar-refractivity contribution is 0.0702. The summed E-state index contributed by atoms with van der Waals surface area (Å²) < 4.78 is 39.3. The number of carbonyl (C=O) groups is 1. The standard InChI is InChI=1S/C11H5F3O2S/c12-5-3-6(10(14)7(13)4-5)8-1-2-9(17-8)11(15)16/h1-4H,(H,15,16). The van der Waals surface area contributed by atoms with Crippen molar-refractivity contribution in [1.82, 2.24) is 0 Å². The maximum Gasteiger partial charge on any atom is 0.345 e. The third-order valence-corrected chi connectivity index (χ3v) is 3.18. The van der Waals surface area contributed by atoms with E-state index in [0.29, 0.717) is 6.07 Å². The molecular weight excluding hydrogens is 253 g/mol. The first-order valence-corrected chi connectivity index (χ1v) is 5.28. The molecule has 0 atom stereocenters. The van der Waals surface area contributed by atoms with Crippen molar-refractivity contribution in [2.75, 3.05) is 0 Å². The molecule has 0 saturated carbocycles. The number of carboxylic acid groups (broad SMARTS) is 1. The number of aromatic carboxylic acids is 1. The van der Waals surface area contributed by atoms with Crippen LogP contribution in [0.5, 0.6) is 0 Å². The zero-order chi connectivity index (χ0) is 12.6. The Hall–Kier alpha value is -1.82. The quantitative estimate of drug-likeness (QED) is 0.837. The van der Waals surface area contributed by atoms with E-state index in [2.05, 4.69) is 0 Å². The maximum atomic E-state index is 13.4. The lowest BCUT2D eigenvalue weighted by atomic mass is 10.1. The summed E-state index contributed by atoms with van der Waals surface area (Å²) in [5.41, 5.74) is -0.278. The van der Waals surface area contributed by atoms with Gasteiger partial charge in [-0.15, -0.1) is 11.3 Å². The van der Waals surface area contributed by atoms with E-state index < -0.39 is 23.4 Å². The molecule has 2 nitrogen and oxygen atoms in total. The minimum Gasteiger partial charge on any atom is -0.477 e. The molecule has 0 unspecified atom stereocenters. The molecule has 6 heteroatoms. The van der Waals surface area contributed by atoms with Gasteiger partial charge in [-0.25, -0.2) is 18.0 Å². The molecule has 17 heavy (non-hydrogen) atoms. The van der Waals surface area contributed by atoms with Crippen LogP contribution in [-0.4, -0.2) is 11.1 Å². The van der Waals surface area contributed by atoms with Gasteiger partial charge in [-0.2, -0.15) is 0 Å². The van der Waals surface area contributed by atoms with Gasteiger partial charge < -0.3 is 5.11 Å². The molecule has 1 aromatic carbocycles. The number of hydrogen-bond acceptors (Lipinski definition) is 2. The number of hydrogen-bond donors (Lipinski definition) is 1. The first kappa shape index (κ1) is 11.7. The highest BCUT2D eigenvalue weighted by molar-refractivity contribution is 7.17. The lowest BCUT2D eigenvalue weighted by Gasteiger charge is -2.01. The van der Waals surface area contributed by atoms with Crippen LogP contribution >= 0.6 is 11.3 Å². The zero-order valence-corrected chi connectivity index (χ0v) is 9.02. The van der Waals surface area contributed by atoms with Crippen LogP contribution in [0.2, 0.25) is 0 Å². The summed E-state index contributed by atoms with van der Waals surface area (Å²) in [6.07, 6.45) is 0. The largest absolute Gasteiger partial charge is 0.477 e. The van der Waals surface area contributed by atoms with E-state index in [4.69, 9.17) is 5.11 Å². The summed E-state index contributed by atoms with van der Waals surface area (Å²) in [4.78, 5) is 10.8. The summed E-state index contributed by atoms with van der Waals surface area (Å²) >= 11 is 0.753. The summed E-state index contributed by atoms with van der Waals surface area (Å²) in [6.45, 7) is 0. The van der Waals surface area contributed by atoms with Crippen molar-refractivity contribution in [2.24, 2.45) is 0 Å². The van der Waals surface area contributed by atoms with Crippen molar-refractivity contribution in [2.45, 2.75) is 0 Å². The van der Waals surface area contributed by atoms with Crippen LogP contribution in [0.4, 0.5) is 13.2 Å². The molecule has 0 fully saturated rings. The van der Waals surface area contributed by atoms with Gasteiger partial charge in [-0.05, 0) is 18.2 Å². The van der Waals surface area contributed by atoms with Crippen LogP contribution in [0.1, 0.15) is 9.67 Å². The van der Waals surface area contributed by atoms with Crippen LogP contribution in [0.3, 0.4) is 0 Å². The summed E-state index contributed by atoms with van der Waals surface area (Å²) in [5, 5.41) is 8.69. The smallest absolute Gasteiger partial charge is 0.345 e. The molecule has 2 aromatic rings. The number of carboxylic acids is 1. The van der Waals surface area contributed by atoms with Gasteiger partial charge in [-0.1, -0.05) is 0 Å². The maximum absolute atomic E-state index is 13.4. The molecule has 2 rings (SSSR count). The summed E-state index contributed by atoms with van der Waals surface area (Å²) in [7, 11) is 0. The van der Waals surface area contributed by atoms with Gasteiger partial charge in [0.05, 0.1) is 0 Å². The van der Waals surface area contributed by atoms with Crippen molar-refractivity contribution >= 4 is 17.3 Å². The number of rotatable bonds is 2. The van der Waals surface area contributed by atoms with Crippen LogP contribution in [-0.2, 0) is 0 Å². The van der Waals surface area contributed by atoms with E-state index in [0.717, 1.165) is 17.4 Å². The van der Waals surface area contributed by atoms with E-state index in [1.54, 1.807) is 0 Å². The Kier molecular flexibility index (Phi) is 2.89. The van der Waals surface area contributed by atoms with Crippen molar-refractivity contribution in [3.8, 4) is 10.4 Å². The van der Waals surface area contributed by atoms with Gasteiger partial charge in [0.1, 0.15) is 10.7 Å².